The van der Waals surface area contributed by atoms with Gasteiger partial charge in [0, 0.05) is 28.0 Å². The molecule has 0 fully saturated rings. The molecule has 1 heterocycles. The third kappa shape index (κ3) is 4.38. The number of aromatic nitrogens is 1. The highest BCUT2D eigenvalue weighted by Gasteiger charge is 2.15. The van der Waals surface area contributed by atoms with Gasteiger partial charge in [-0.3, -0.25) is 4.99 Å². The number of methoxy groups -OCH3 is 3. The van der Waals surface area contributed by atoms with E-state index < -0.39 is 0 Å². The van der Waals surface area contributed by atoms with E-state index in [1.807, 2.05) is 41.9 Å². The van der Waals surface area contributed by atoms with Crippen molar-refractivity contribution in [2.75, 3.05) is 28.4 Å². The van der Waals surface area contributed by atoms with Crippen LogP contribution in [-0.4, -0.2) is 38.8 Å². The highest BCUT2D eigenvalue weighted by Crippen LogP contribution is 2.38. The molecule has 0 aliphatic heterocycles. The summed E-state index contributed by atoms with van der Waals surface area (Å²) in [6.45, 7) is 1.94. The molecule has 0 aliphatic carbocycles. The molecule has 0 bridgehead atoms. The lowest BCUT2D eigenvalue weighted by atomic mass is 10.1. The van der Waals surface area contributed by atoms with Crippen molar-refractivity contribution >= 4 is 33.0 Å². The Balaban J connectivity index is 2.15. The van der Waals surface area contributed by atoms with Crippen LogP contribution in [0.1, 0.15) is 12.5 Å². The van der Waals surface area contributed by atoms with Crippen molar-refractivity contribution in [3.63, 3.8) is 0 Å². The molecule has 29 heavy (non-hydrogen) atoms. The highest BCUT2D eigenvalue weighted by atomic mass is 79.9. The van der Waals surface area contributed by atoms with Crippen molar-refractivity contribution in [2.45, 2.75) is 6.92 Å². The molecule has 0 aliphatic rings. The summed E-state index contributed by atoms with van der Waals surface area (Å²) < 4.78 is 19.2. The summed E-state index contributed by atoms with van der Waals surface area (Å²) in [5, 5.41) is 6.91. The number of thiazole rings is 1. The fourth-order valence-corrected chi connectivity index (χ4v) is 4.09. The number of halogens is 1. The standard InChI is InChI=1S/C21H22BrN3O3S/c1-13(15-10-18(26-3)20(28-5)19(11-15)27-4)24-25-17(12-29-21(25)23-2)14-7-6-8-16(22)9-14/h6-12H,1-5H3. The van der Waals surface area contributed by atoms with Crippen molar-refractivity contribution in [1.29, 1.82) is 0 Å². The first kappa shape index (κ1) is 21.1. The zero-order chi connectivity index (χ0) is 21.0. The Labute approximate surface area is 182 Å². The average Bonchev–Trinajstić information content (AvgIpc) is 3.14. The zero-order valence-electron chi connectivity index (χ0n) is 16.9. The van der Waals surface area contributed by atoms with Crippen LogP contribution in [0.2, 0.25) is 0 Å². The van der Waals surface area contributed by atoms with Crippen LogP contribution in [-0.2, 0) is 0 Å². The molecule has 0 unspecified atom stereocenters. The Morgan fingerprint density at radius 1 is 1.03 bits per heavy atom. The van der Waals surface area contributed by atoms with Gasteiger partial charge in [0.15, 0.2) is 11.5 Å². The molecule has 0 radical (unpaired) electrons. The minimum atomic E-state index is 0.550. The van der Waals surface area contributed by atoms with E-state index >= 15 is 0 Å². The molecule has 0 atom stereocenters. The number of rotatable bonds is 6. The Morgan fingerprint density at radius 3 is 2.28 bits per heavy atom. The third-order valence-corrected chi connectivity index (χ3v) is 5.73. The van der Waals surface area contributed by atoms with Crippen molar-refractivity contribution in [3.05, 3.63) is 56.6 Å². The van der Waals surface area contributed by atoms with E-state index in [-0.39, 0.29) is 0 Å². The van der Waals surface area contributed by atoms with Crippen LogP contribution in [0.3, 0.4) is 0 Å². The van der Waals surface area contributed by atoms with E-state index in [1.165, 1.54) is 11.3 Å². The van der Waals surface area contributed by atoms with Crippen LogP contribution in [0.15, 0.2) is 56.3 Å². The Morgan fingerprint density at radius 2 is 1.72 bits per heavy atom. The molecule has 2 aromatic carbocycles. The van der Waals surface area contributed by atoms with Gasteiger partial charge in [-0.15, -0.1) is 11.3 Å². The molecule has 152 valence electrons. The smallest absolute Gasteiger partial charge is 0.205 e. The maximum absolute atomic E-state index is 5.47. The van der Waals surface area contributed by atoms with Gasteiger partial charge >= 0.3 is 0 Å². The van der Waals surface area contributed by atoms with Crippen molar-refractivity contribution in [2.24, 2.45) is 10.1 Å². The Bertz CT molecular complexity index is 1090. The topological polar surface area (TPSA) is 57.3 Å². The molecule has 0 N–H and O–H groups in total. The number of benzene rings is 2. The molecule has 0 amide bonds. The fourth-order valence-electron chi connectivity index (χ4n) is 2.89. The summed E-state index contributed by atoms with van der Waals surface area (Å²) in [4.78, 5) is 5.17. The summed E-state index contributed by atoms with van der Waals surface area (Å²) >= 11 is 5.08. The van der Waals surface area contributed by atoms with Crippen LogP contribution >= 0.6 is 27.3 Å². The van der Waals surface area contributed by atoms with E-state index in [2.05, 4.69) is 32.4 Å². The van der Waals surface area contributed by atoms with Gasteiger partial charge in [-0.05, 0) is 31.2 Å². The molecule has 0 saturated carbocycles. The van der Waals surface area contributed by atoms with Crippen molar-refractivity contribution in [1.82, 2.24) is 4.68 Å². The predicted molar refractivity (Wildman–Crippen MR) is 121 cm³/mol. The molecule has 0 spiro atoms. The molecule has 1 aromatic heterocycles. The SMILES string of the molecule is CN=c1scc(-c2cccc(Br)c2)n1N=C(C)c1cc(OC)c(OC)c(OC)c1. The maximum atomic E-state index is 5.47. The number of nitrogens with zero attached hydrogens (tertiary/aromatic N) is 3. The number of ether oxygens (including phenoxy) is 3. The highest BCUT2D eigenvalue weighted by molar-refractivity contribution is 9.10. The lowest BCUT2D eigenvalue weighted by Gasteiger charge is -2.14. The van der Waals surface area contributed by atoms with E-state index in [9.17, 15) is 0 Å². The summed E-state index contributed by atoms with van der Waals surface area (Å²) in [5.41, 5.74) is 3.66. The van der Waals surface area contributed by atoms with E-state index in [0.717, 1.165) is 31.8 Å². The van der Waals surface area contributed by atoms with Gasteiger partial charge in [0.1, 0.15) is 0 Å². The monoisotopic (exact) mass is 475 g/mol. The van der Waals surface area contributed by atoms with Crippen molar-refractivity contribution < 1.29 is 14.2 Å². The molecular formula is C21H22BrN3O3S. The maximum Gasteiger partial charge on any atom is 0.205 e. The van der Waals surface area contributed by atoms with Gasteiger partial charge in [0.2, 0.25) is 10.6 Å². The minimum absolute atomic E-state index is 0.550. The first-order chi connectivity index (χ1) is 14.0. The lowest BCUT2D eigenvalue weighted by Crippen LogP contribution is -2.14. The molecule has 3 aromatic rings. The minimum Gasteiger partial charge on any atom is -0.493 e. The van der Waals surface area contributed by atoms with Gasteiger partial charge in [-0.1, -0.05) is 28.1 Å². The van der Waals surface area contributed by atoms with Crippen LogP contribution in [0.25, 0.3) is 11.3 Å². The van der Waals surface area contributed by atoms with Gasteiger partial charge in [-0.25, -0.2) is 4.68 Å². The number of hydrogen-bond donors (Lipinski definition) is 0. The van der Waals surface area contributed by atoms with Gasteiger partial charge in [-0.2, -0.15) is 5.10 Å². The van der Waals surface area contributed by atoms with Crippen LogP contribution in [0, 0.1) is 0 Å². The van der Waals surface area contributed by atoms with E-state index in [0.29, 0.717) is 17.2 Å². The van der Waals surface area contributed by atoms with Crippen molar-refractivity contribution in [3.8, 4) is 28.5 Å². The second-order valence-corrected chi connectivity index (χ2v) is 7.80. The Kier molecular flexibility index (Phi) is 6.76. The molecule has 3 rings (SSSR count). The second kappa shape index (κ2) is 9.28. The largest absolute Gasteiger partial charge is 0.493 e. The van der Waals surface area contributed by atoms with E-state index in [1.54, 1.807) is 28.4 Å². The third-order valence-electron chi connectivity index (χ3n) is 4.33. The van der Waals surface area contributed by atoms with Crippen LogP contribution in [0.4, 0.5) is 0 Å². The normalized spacial score (nSPS) is 12.2. The van der Waals surface area contributed by atoms with Gasteiger partial charge < -0.3 is 14.2 Å². The number of hydrogen-bond acceptors (Lipinski definition) is 6. The van der Waals surface area contributed by atoms with Gasteiger partial charge in [0.25, 0.3) is 0 Å². The molecule has 6 nitrogen and oxygen atoms in total. The van der Waals surface area contributed by atoms with Gasteiger partial charge in [0.05, 0.1) is 32.7 Å². The lowest BCUT2D eigenvalue weighted by molar-refractivity contribution is 0.324. The van der Waals surface area contributed by atoms with Crippen LogP contribution in [0.5, 0.6) is 17.2 Å². The van der Waals surface area contributed by atoms with Crippen LogP contribution < -0.4 is 19.0 Å². The van der Waals surface area contributed by atoms with E-state index in [4.69, 9.17) is 19.3 Å². The first-order valence-electron chi connectivity index (χ1n) is 8.77. The molecule has 0 saturated heterocycles. The fraction of sp³-hybridized carbons (Fsp3) is 0.238. The zero-order valence-corrected chi connectivity index (χ0v) is 19.3. The summed E-state index contributed by atoms with van der Waals surface area (Å²) in [6.07, 6.45) is 0. The summed E-state index contributed by atoms with van der Waals surface area (Å²) in [6, 6.07) is 11.9. The first-order valence-corrected chi connectivity index (χ1v) is 10.4. The second-order valence-electron chi connectivity index (χ2n) is 6.05. The predicted octanol–water partition coefficient (Wildman–Crippen LogP) is 4.81. The molecule has 8 heteroatoms. The Hall–Kier alpha value is -2.58. The average molecular weight is 476 g/mol. The quantitative estimate of drug-likeness (QED) is 0.480. The summed E-state index contributed by atoms with van der Waals surface area (Å²) in [5.74, 6) is 1.72. The summed E-state index contributed by atoms with van der Waals surface area (Å²) in [7, 11) is 6.54. The molecular weight excluding hydrogens is 454 g/mol.